The first kappa shape index (κ1) is 22.4. The van der Waals surface area contributed by atoms with E-state index < -0.39 is 23.8 Å². The monoisotopic (exact) mass is 424 g/mol. The van der Waals surface area contributed by atoms with Gasteiger partial charge in [-0.3, -0.25) is 9.59 Å². The molecule has 2 aromatic rings. The number of rotatable bonds is 6. The maximum atomic E-state index is 12.5. The maximum absolute atomic E-state index is 12.5. The summed E-state index contributed by atoms with van der Waals surface area (Å²) in [5, 5.41) is 19.6. The molecular formula is C24H24O7. The van der Waals surface area contributed by atoms with Crippen molar-refractivity contribution in [2.45, 2.75) is 39.5 Å². The summed E-state index contributed by atoms with van der Waals surface area (Å²) < 4.78 is 5.69. The fourth-order valence-electron chi connectivity index (χ4n) is 4.66. The lowest BCUT2D eigenvalue weighted by Crippen LogP contribution is -2.22. The van der Waals surface area contributed by atoms with Crippen LogP contribution in [0, 0.1) is 13.8 Å². The van der Waals surface area contributed by atoms with E-state index in [1.165, 1.54) is 26.0 Å². The summed E-state index contributed by atoms with van der Waals surface area (Å²) in [7, 11) is 0. The highest BCUT2D eigenvalue weighted by Gasteiger charge is 2.39. The standard InChI is InChI=1S/C24H24O7/c1-11-5-7-15(23(27)28)21(19(11)13(3)25)17-9-31-10-18(17)22-16(24(29)30)8-6-12(2)20(22)14(4)26/h5-8,17-18H,9-10H2,1-4H3,(H,27,28)(H,29,30). The third kappa shape index (κ3) is 3.88. The molecule has 0 saturated carbocycles. The molecule has 1 saturated heterocycles. The molecule has 2 N–H and O–H groups in total. The quantitative estimate of drug-likeness (QED) is 0.673. The maximum Gasteiger partial charge on any atom is 0.335 e. The molecule has 2 aromatic carbocycles. The number of carboxylic acids is 2. The van der Waals surface area contributed by atoms with Crippen molar-refractivity contribution in [3.05, 3.63) is 68.8 Å². The second-order valence-electron chi connectivity index (χ2n) is 7.91. The van der Waals surface area contributed by atoms with Crippen molar-refractivity contribution in [2.75, 3.05) is 13.2 Å². The minimum atomic E-state index is -1.18. The molecule has 1 aliphatic rings. The van der Waals surface area contributed by atoms with Crippen LogP contribution in [-0.2, 0) is 4.74 Å². The Morgan fingerprint density at radius 1 is 0.742 bits per heavy atom. The number of benzene rings is 2. The van der Waals surface area contributed by atoms with Gasteiger partial charge in [0.1, 0.15) is 0 Å². The Morgan fingerprint density at radius 3 is 1.39 bits per heavy atom. The zero-order valence-corrected chi connectivity index (χ0v) is 17.8. The largest absolute Gasteiger partial charge is 0.478 e. The van der Waals surface area contributed by atoms with E-state index in [4.69, 9.17) is 4.74 Å². The van der Waals surface area contributed by atoms with Crippen LogP contribution in [0.2, 0.25) is 0 Å². The predicted octanol–water partition coefficient (Wildman–Crippen LogP) is 4.00. The second-order valence-corrected chi connectivity index (χ2v) is 7.91. The van der Waals surface area contributed by atoms with Gasteiger partial charge in [-0.15, -0.1) is 0 Å². The smallest absolute Gasteiger partial charge is 0.335 e. The van der Waals surface area contributed by atoms with Crippen LogP contribution < -0.4 is 0 Å². The average Bonchev–Trinajstić information content (AvgIpc) is 3.15. The highest BCUT2D eigenvalue weighted by atomic mass is 16.5. The molecule has 1 aliphatic heterocycles. The van der Waals surface area contributed by atoms with Crippen molar-refractivity contribution in [1.82, 2.24) is 0 Å². The molecule has 1 fully saturated rings. The molecule has 0 amide bonds. The van der Waals surface area contributed by atoms with E-state index in [0.29, 0.717) is 33.4 Å². The first-order valence-corrected chi connectivity index (χ1v) is 9.89. The van der Waals surface area contributed by atoms with E-state index in [1.54, 1.807) is 26.0 Å². The van der Waals surface area contributed by atoms with Gasteiger partial charge >= 0.3 is 11.9 Å². The second kappa shape index (κ2) is 8.43. The van der Waals surface area contributed by atoms with Crippen LogP contribution >= 0.6 is 0 Å². The summed E-state index contributed by atoms with van der Waals surface area (Å²) in [5.74, 6) is -4.12. The number of carboxylic acid groups (broad SMARTS) is 2. The number of aryl methyl sites for hydroxylation is 2. The van der Waals surface area contributed by atoms with Crippen LogP contribution in [-0.4, -0.2) is 46.9 Å². The van der Waals surface area contributed by atoms with Crippen LogP contribution in [0.15, 0.2) is 24.3 Å². The number of ether oxygens (including phenoxy) is 1. The zero-order valence-electron chi connectivity index (χ0n) is 17.8. The number of Topliss-reactive ketones (excluding diaryl/α,β-unsaturated/α-hetero) is 2. The summed E-state index contributed by atoms with van der Waals surface area (Å²) >= 11 is 0. The number of ketones is 2. The Kier molecular flexibility index (Phi) is 6.08. The minimum absolute atomic E-state index is 0.0230. The van der Waals surface area contributed by atoms with Crippen LogP contribution in [0.5, 0.6) is 0 Å². The Labute approximate surface area is 179 Å². The molecule has 2 unspecified atom stereocenters. The SMILES string of the molecule is CC(=O)c1c(C)ccc(C(=O)O)c1C1COCC1c1c(C(=O)O)ccc(C)c1C(C)=O. The molecule has 31 heavy (non-hydrogen) atoms. The molecule has 0 aliphatic carbocycles. The van der Waals surface area contributed by atoms with Gasteiger partial charge in [0.2, 0.25) is 0 Å². The Hall–Kier alpha value is -3.32. The third-order valence-corrected chi connectivity index (χ3v) is 5.89. The van der Waals surface area contributed by atoms with Crippen molar-refractivity contribution in [1.29, 1.82) is 0 Å². The van der Waals surface area contributed by atoms with E-state index in [2.05, 4.69) is 0 Å². The van der Waals surface area contributed by atoms with Gasteiger partial charge in [0, 0.05) is 23.0 Å². The molecule has 2 atom stereocenters. The van der Waals surface area contributed by atoms with Gasteiger partial charge in [-0.05, 0) is 62.1 Å². The first-order valence-electron chi connectivity index (χ1n) is 9.89. The van der Waals surface area contributed by atoms with Gasteiger partial charge in [-0.1, -0.05) is 12.1 Å². The van der Waals surface area contributed by atoms with Crippen molar-refractivity contribution in [3.63, 3.8) is 0 Å². The predicted molar refractivity (Wildman–Crippen MR) is 113 cm³/mol. The lowest BCUT2D eigenvalue weighted by Gasteiger charge is -2.26. The number of hydrogen-bond donors (Lipinski definition) is 2. The van der Waals surface area contributed by atoms with Crippen molar-refractivity contribution >= 4 is 23.5 Å². The number of aromatic carboxylic acids is 2. The van der Waals surface area contributed by atoms with Crippen LogP contribution in [0.3, 0.4) is 0 Å². The summed E-state index contributed by atoms with van der Waals surface area (Å²) in [5.41, 5.74) is 2.48. The van der Waals surface area contributed by atoms with Crippen LogP contribution in [0.4, 0.5) is 0 Å². The topological polar surface area (TPSA) is 118 Å². The minimum Gasteiger partial charge on any atom is -0.478 e. The van der Waals surface area contributed by atoms with Crippen LogP contribution in [0.1, 0.15) is 89.4 Å². The fourth-order valence-corrected chi connectivity index (χ4v) is 4.66. The fraction of sp³-hybridized carbons (Fsp3) is 0.333. The zero-order chi connectivity index (χ0) is 23.0. The molecule has 3 rings (SSSR count). The Balaban J connectivity index is 2.35. The third-order valence-electron chi connectivity index (χ3n) is 5.89. The molecule has 1 heterocycles. The number of carbonyl (C=O) groups excluding carboxylic acids is 2. The lowest BCUT2D eigenvalue weighted by atomic mass is 9.75. The number of carbonyl (C=O) groups is 4. The summed E-state index contributed by atoms with van der Waals surface area (Å²) in [4.78, 5) is 49.0. The molecular weight excluding hydrogens is 400 g/mol. The number of hydrogen-bond acceptors (Lipinski definition) is 5. The van der Waals surface area contributed by atoms with E-state index in [1.807, 2.05) is 0 Å². The van der Waals surface area contributed by atoms with Gasteiger partial charge in [0.25, 0.3) is 0 Å². The van der Waals surface area contributed by atoms with Gasteiger partial charge in [-0.25, -0.2) is 9.59 Å². The molecule has 0 bridgehead atoms. The molecule has 0 aromatic heterocycles. The normalized spacial score (nSPS) is 18.1. The summed E-state index contributed by atoms with van der Waals surface area (Å²) in [6.45, 7) is 6.43. The van der Waals surface area contributed by atoms with Gasteiger partial charge in [0.15, 0.2) is 11.6 Å². The van der Waals surface area contributed by atoms with Crippen LogP contribution in [0.25, 0.3) is 0 Å². The van der Waals surface area contributed by atoms with Gasteiger partial charge in [-0.2, -0.15) is 0 Å². The van der Waals surface area contributed by atoms with Gasteiger partial charge < -0.3 is 14.9 Å². The van der Waals surface area contributed by atoms with E-state index >= 15 is 0 Å². The first-order chi connectivity index (χ1) is 14.6. The Morgan fingerprint density at radius 2 is 1.10 bits per heavy atom. The Bertz CT molecular complexity index is 1030. The lowest BCUT2D eigenvalue weighted by molar-refractivity contribution is 0.0682. The molecule has 0 radical (unpaired) electrons. The highest BCUT2D eigenvalue weighted by molar-refractivity contribution is 6.03. The van der Waals surface area contributed by atoms with Crippen molar-refractivity contribution in [3.8, 4) is 0 Å². The summed E-state index contributed by atoms with van der Waals surface area (Å²) in [6.07, 6.45) is 0. The average molecular weight is 424 g/mol. The molecule has 7 heteroatoms. The van der Waals surface area contributed by atoms with Crippen molar-refractivity contribution in [2.24, 2.45) is 0 Å². The van der Waals surface area contributed by atoms with Crippen molar-refractivity contribution < 1.29 is 34.1 Å². The van der Waals surface area contributed by atoms with E-state index in [0.717, 1.165) is 0 Å². The highest BCUT2D eigenvalue weighted by Crippen LogP contribution is 2.44. The van der Waals surface area contributed by atoms with Gasteiger partial charge in [0.05, 0.1) is 24.3 Å². The molecule has 0 spiro atoms. The molecule has 7 nitrogen and oxygen atoms in total. The molecule has 162 valence electrons. The van der Waals surface area contributed by atoms with E-state index in [9.17, 15) is 29.4 Å². The van der Waals surface area contributed by atoms with E-state index in [-0.39, 0.29) is 35.9 Å². The summed E-state index contributed by atoms with van der Waals surface area (Å²) in [6, 6.07) is 6.08.